The quantitative estimate of drug-likeness (QED) is 0.378. The molecule has 0 bridgehead atoms. The van der Waals surface area contributed by atoms with Crippen molar-refractivity contribution in [3.05, 3.63) is 37.6 Å². The van der Waals surface area contributed by atoms with Gasteiger partial charge in [-0.25, -0.2) is 9.59 Å². The molecule has 1 atom stereocenters. The standard InChI is InChI=1S/C10H12O4/c1-4-9(11)13-7-6-8(3)14-10(12)5-2/h4-8H,1-2H2,3H3. The lowest BCUT2D eigenvalue weighted by Gasteiger charge is -2.05. The van der Waals surface area contributed by atoms with Gasteiger partial charge in [0.2, 0.25) is 0 Å². The minimum atomic E-state index is -0.566. The maximum atomic E-state index is 10.7. The number of rotatable bonds is 5. The Morgan fingerprint density at radius 3 is 2.29 bits per heavy atom. The summed E-state index contributed by atoms with van der Waals surface area (Å²) in [6.07, 6.45) is 4.18. The van der Waals surface area contributed by atoms with Crippen LogP contribution in [0.15, 0.2) is 37.6 Å². The van der Waals surface area contributed by atoms with E-state index in [0.29, 0.717) is 0 Å². The van der Waals surface area contributed by atoms with Crippen molar-refractivity contribution >= 4 is 11.9 Å². The zero-order valence-corrected chi connectivity index (χ0v) is 7.93. The lowest BCUT2D eigenvalue weighted by Crippen LogP contribution is -2.10. The molecule has 0 amide bonds. The van der Waals surface area contributed by atoms with Crippen LogP contribution < -0.4 is 0 Å². The first-order valence-corrected chi connectivity index (χ1v) is 3.93. The summed E-state index contributed by atoms with van der Waals surface area (Å²) < 4.78 is 9.28. The fourth-order valence-corrected chi connectivity index (χ4v) is 0.536. The van der Waals surface area contributed by atoms with Crippen LogP contribution in [0, 0.1) is 0 Å². The summed E-state index contributed by atoms with van der Waals surface area (Å²) >= 11 is 0. The van der Waals surface area contributed by atoms with Crippen LogP contribution in [0.2, 0.25) is 0 Å². The van der Waals surface area contributed by atoms with Gasteiger partial charge in [0.1, 0.15) is 6.10 Å². The van der Waals surface area contributed by atoms with Crippen LogP contribution in [0.3, 0.4) is 0 Å². The molecule has 76 valence electrons. The van der Waals surface area contributed by atoms with Crippen molar-refractivity contribution in [2.45, 2.75) is 13.0 Å². The van der Waals surface area contributed by atoms with E-state index in [9.17, 15) is 9.59 Å². The molecule has 0 rings (SSSR count). The van der Waals surface area contributed by atoms with Gasteiger partial charge in [0.15, 0.2) is 0 Å². The molecular weight excluding hydrogens is 184 g/mol. The number of hydrogen-bond donors (Lipinski definition) is 0. The Balaban J connectivity index is 3.87. The van der Waals surface area contributed by atoms with Crippen molar-refractivity contribution < 1.29 is 19.1 Å². The van der Waals surface area contributed by atoms with Gasteiger partial charge in [0, 0.05) is 12.2 Å². The summed E-state index contributed by atoms with van der Waals surface area (Å²) in [4.78, 5) is 21.2. The highest BCUT2D eigenvalue weighted by atomic mass is 16.5. The Morgan fingerprint density at radius 1 is 1.21 bits per heavy atom. The maximum Gasteiger partial charge on any atom is 0.334 e. The van der Waals surface area contributed by atoms with Crippen molar-refractivity contribution in [2.24, 2.45) is 0 Å². The SMILES string of the molecule is C=CC(=O)OC=CC(C)OC(=O)C=C. The summed E-state index contributed by atoms with van der Waals surface area (Å²) in [5.74, 6) is -1.10. The average Bonchev–Trinajstić information content (AvgIpc) is 2.17. The molecule has 0 spiro atoms. The van der Waals surface area contributed by atoms with Crippen LogP contribution in [0.1, 0.15) is 6.92 Å². The second kappa shape index (κ2) is 6.65. The third-order valence-corrected chi connectivity index (χ3v) is 1.17. The highest BCUT2D eigenvalue weighted by Gasteiger charge is 2.01. The molecule has 0 heterocycles. The van der Waals surface area contributed by atoms with Gasteiger partial charge in [-0.3, -0.25) is 0 Å². The van der Waals surface area contributed by atoms with E-state index in [4.69, 9.17) is 4.74 Å². The van der Waals surface area contributed by atoms with Gasteiger partial charge < -0.3 is 9.47 Å². The van der Waals surface area contributed by atoms with Gasteiger partial charge in [-0.1, -0.05) is 13.2 Å². The van der Waals surface area contributed by atoms with Crippen LogP contribution in [0.25, 0.3) is 0 Å². The van der Waals surface area contributed by atoms with E-state index in [0.717, 1.165) is 18.4 Å². The molecular formula is C10H12O4. The van der Waals surface area contributed by atoms with Crippen molar-refractivity contribution in [3.8, 4) is 0 Å². The topological polar surface area (TPSA) is 52.6 Å². The van der Waals surface area contributed by atoms with Crippen LogP contribution in [0.5, 0.6) is 0 Å². The molecule has 14 heavy (non-hydrogen) atoms. The van der Waals surface area contributed by atoms with E-state index in [1.807, 2.05) is 0 Å². The Bertz CT molecular complexity index is 265. The van der Waals surface area contributed by atoms with E-state index >= 15 is 0 Å². The first-order valence-electron chi connectivity index (χ1n) is 3.93. The summed E-state index contributed by atoms with van der Waals surface area (Å²) in [5.41, 5.74) is 0. The molecule has 0 saturated carbocycles. The lowest BCUT2D eigenvalue weighted by molar-refractivity contribution is -0.140. The molecule has 1 unspecified atom stereocenters. The largest absolute Gasteiger partial charge is 0.455 e. The minimum Gasteiger partial charge on any atom is -0.455 e. The minimum absolute atomic E-state index is 0.474. The average molecular weight is 196 g/mol. The number of carbonyl (C=O) groups excluding carboxylic acids is 2. The monoisotopic (exact) mass is 196 g/mol. The Kier molecular flexibility index (Phi) is 5.78. The summed E-state index contributed by atoms with van der Waals surface area (Å²) in [7, 11) is 0. The summed E-state index contributed by atoms with van der Waals surface area (Å²) in [6, 6.07) is 0. The van der Waals surface area contributed by atoms with Crippen LogP contribution in [-0.2, 0) is 19.1 Å². The van der Waals surface area contributed by atoms with Gasteiger partial charge in [-0.2, -0.15) is 0 Å². The van der Waals surface area contributed by atoms with Crippen molar-refractivity contribution in [1.29, 1.82) is 0 Å². The molecule has 0 aliphatic carbocycles. The molecule has 4 nitrogen and oxygen atoms in total. The van der Waals surface area contributed by atoms with Crippen molar-refractivity contribution in [2.75, 3.05) is 0 Å². The maximum absolute atomic E-state index is 10.7. The highest BCUT2D eigenvalue weighted by molar-refractivity contribution is 5.82. The third-order valence-electron chi connectivity index (χ3n) is 1.17. The molecule has 0 fully saturated rings. The van der Waals surface area contributed by atoms with Gasteiger partial charge >= 0.3 is 11.9 Å². The van der Waals surface area contributed by atoms with E-state index in [1.54, 1.807) is 6.92 Å². The second-order valence-electron chi connectivity index (χ2n) is 2.32. The predicted octanol–water partition coefficient (Wildman–Crippen LogP) is 1.35. The Labute approximate surface area is 82.5 Å². The van der Waals surface area contributed by atoms with Crippen LogP contribution >= 0.6 is 0 Å². The highest BCUT2D eigenvalue weighted by Crippen LogP contribution is 1.95. The third kappa shape index (κ3) is 5.77. The first-order chi connectivity index (χ1) is 6.60. The zero-order valence-electron chi connectivity index (χ0n) is 7.93. The fraction of sp³-hybridized carbons (Fsp3) is 0.200. The van der Waals surface area contributed by atoms with Gasteiger partial charge in [0.05, 0.1) is 6.26 Å². The van der Waals surface area contributed by atoms with Gasteiger partial charge in [-0.05, 0) is 13.0 Å². The zero-order chi connectivity index (χ0) is 11.0. The fourth-order valence-electron chi connectivity index (χ4n) is 0.536. The smallest absolute Gasteiger partial charge is 0.334 e. The molecule has 0 aromatic heterocycles. The second-order valence-corrected chi connectivity index (χ2v) is 2.32. The van der Waals surface area contributed by atoms with Crippen molar-refractivity contribution in [3.63, 3.8) is 0 Å². The Morgan fingerprint density at radius 2 is 1.79 bits per heavy atom. The molecule has 0 radical (unpaired) electrons. The van der Waals surface area contributed by atoms with E-state index in [1.165, 1.54) is 6.08 Å². The Hall–Kier alpha value is -1.84. The summed E-state index contributed by atoms with van der Waals surface area (Å²) in [6.45, 7) is 8.08. The first kappa shape index (κ1) is 12.2. The number of esters is 2. The van der Waals surface area contributed by atoms with E-state index < -0.39 is 18.0 Å². The molecule has 4 heteroatoms. The van der Waals surface area contributed by atoms with Gasteiger partial charge in [-0.15, -0.1) is 0 Å². The molecule has 0 saturated heterocycles. The van der Waals surface area contributed by atoms with E-state index in [-0.39, 0.29) is 0 Å². The number of carbonyl (C=O) groups is 2. The normalized spacial score (nSPS) is 11.8. The van der Waals surface area contributed by atoms with E-state index in [2.05, 4.69) is 17.9 Å². The molecule has 0 aromatic carbocycles. The lowest BCUT2D eigenvalue weighted by atomic mass is 10.4. The molecule has 0 aliphatic rings. The van der Waals surface area contributed by atoms with Crippen LogP contribution in [0.4, 0.5) is 0 Å². The number of hydrogen-bond acceptors (Lipinski definition) is 4. The number of ether oxygens (including phenoxy) is 2. The van der Waals surface area contributed by atoms with Crippen molar-refractivity contribution in [1.82, 2.24) is 0 Å². The van der Waals surface area contributed by atoms with Crippen LogP contribution in [-0.4, -0.2) is 18.0 Å². The molecule has 0 aliphatic heterocycles. The molecule has 0 N–H and O–H groups in total. The summed E-state index contributed by atoms with van der Waals surface area (Å²) in [5, 5.41) is 0. The molecule has 0 aromatic rings. The predicted molar refractivity (Wildman–Crippen MR) is 51.2 cm³/mol. The van der Waals surface area contributed by atoms with Gasteiger partial charge in [0.25, 0.3) is 0 Å².